The standard InChI is InChI=1S/C25H22N4O2S2/c1-25(2,3)18-11-9-17(10-12-18)22-28-29-24(31-22)33-15-21(30)19(13-26)23-27-20(14-32-23)16-7-5-4-6-8-16/h4-12,14,19H,15H2,1-3H3. The van der Waals surface area contributed by atoms with Gasteiger partial charge in [-0.15, -0.1) is 21.5 Å². The Labute approximate surface area is 200 Å². The molecule has 4 aromatic rings. The van der Waals surface area contributed by atoms with E-state index in [-0.39, 0.29) is 17.0 Å². The second kappa shape index (κ2) is 9.69. The third-order valence-electron chi connectivity index (χ3n) is 5.03. The summed E-state index contributed by atoms with van der Waals surface area (Å²) >= 11 is 2.44. The monoisotopic (exact) mass is 474 g/mol. The Bertz CT molecular complexity index is 1280. The number of thioether (sulfide) groups is 1. The lowest BCUT2D eigenvalue weighted by Crippen LogP contribution is -2.13. The molecule has 0 aliphatic rings. The van der Waals surface area contributed by atoms with Gasteiger partial charge in [-0.05, 0) is 23.1 Å². The molecule has 1 unspecified atom stereocenters. The zero-order valence-corrected chi connectivity index (χ0v) is 20.1. The van der Waals surface area contributed by atoms with Crippen LogP contribution in [0.4, 0.5) is 0 Å². The summed E-state index contributed by atoms with van der Waals surface area (Å²) in [4.78, 5) is 17.2. The smallest absolute Gasteiger partial charge is 0.277 e. The van der Waals surface area contributed by atoms with E-state index in [4.69, 9.17) is 4.42 Å². The van der Waals surface area contributed by atoms with Crippen molar-refractivity contribution < 1.29 is 9.21 Å². The highest BCUT2D eigenvalue weighted by atomic mass is 32.2. The summed E-state index contributed by atoms with van der Waals surface area (Å²) in [6.45, 7) is 6.47. The number of ketones is 1. The highest BCUT2D eigenvalue weighted by Gasteiger charge is 2.25. The van der Waals surface area contributed by atoms with Gasteiger partial charge in [0, 0.05) is 16.5 Å². The van der Waals surface area contributed by atoms with Gasteiger partial charge >= 0.3 is 0 Å². The Hall–Kier alpha value is -3.28. The van der Waals surface area contributed by atoms with Crippen molar-refractivity contribution in [1.29, 1.82) is 5.26 Å². The van der Waals surface area contributed by atoms with Gasteiger partial charge in [-0.1, -0.05) is 75.0 Å². The average molecular weight is 475 g/mol. The zero-order chi connectivity index (χ0) is 23.4. The summed E-state index contributed by atoms with van der Waals surface area (Å²) in [6.07, 6.45) is 0. The number of hydrogen-bond acceptors (Lipinski definition) is 8. The zero-order valence-electron chi connectivity index (χ0n) is 18.5. The lowest BCUT2D eigenvalue weighted by Gasteiger charge is -2.18. The van der Waals surface area contributed by atoms with Gasteiger partial charge in [-0.3, -0.25) is 4.79 Å². The minimum Gasteiger partial charge on any atom is -0.411 e. The second-order valence-corrected chi connectivity index (χ2v) is 10.3. The lowest BCUT2D eigenvalue weighted by atomic mass is 9.87. The van der Waals surface area contributed by atoms with Gasteiger partial charge in [-0.2, -0.15) is 5.26 Å². The van der Waals surface area contributed by atoms with Gasteiger partial charge in [0.15, 0.2) is 11.7 Å². The number of thiazole rings is 1. The molecule has 0 spiro atoms. The van der Waals surface area contributed by atoms with E-state index in [1.807, 2.05) is 60.0 Å². The van der Waals surface area contributed by atoms with E-state index in [0.717, 1.165) is 28.6 Å². The molecule has 0 bridgehead atoms. The molecule has 0 aliphatic carbocycles. The molecule has 166 valence electrons. The number of nitriles is 1. The topological polar surface area (TPSA) is 92.7 Å². The lowest BCUT2D eigenvalue weighted by molar-refractivity contribution is -0.116. The van der Waals surface area contributed by atoms with Crippen LogP contribution in [0.2, 0.25) is 0 Å². The number of benzene rings is 2. The normalized spacial score (nSPS) is 12.3. The molecule has 8 heteroatoms. The number of nitrogens with zero attached hydrogens (tertiary/aromatic N) is 4. The molecule has 0 fully saturated rings. The Morgan fingerprint density at radius 3 is 2.48 bits per heavy atom. The Morgan fingerprint density at radius 1 is 1.09 bits per heavy atom. The summed E-state index contributed by atoms with van der Waals surface area (Å²) < 4.78 is 5.72. The van der Waals surface area contributed by atoms with E-state index >= 15 is 0 Å². The summed E-state index contributed by atoms with van der Waals surface area (Å²) in [7, 11) is 0. The van der Waals surface area contributed by atoms with Crippen LogP contribution in [0.3, 0.4) is 0 Å². The number of carbonyl (C=O) groups excluding carboxylic acids is 1. The fourth-order valence-electron chi connectivity index (χ4n) is 3.14. The van der Waals surface area contributed by atoms with Crippen LogP contribution in [0.5, 0.6) is 0 Å². The fourth-order valence-corrected chi connectivity index (χ4v) is 4.70. The fraction of sp³-hybridized carbons (Fsp3) is 0.240. The van der Waals surface area contributed by atoms with Gasteiger partial charge < -0.3 is 4.42 Å². The molecule has 4 rings (SSSR count). The second-order valence-electron chi connectivity index (χ2n) is 8.45. The van der Waals surface area contributed by atoms with Crippen LogP contribution in [0, 0.1) is 11.3 Å². The Kier molecular flexibility index (Phi) is 6.72. The molecule has 6 nitrogen and oxygen atoms in total. The van der Waals surface area contributed by atoms with Crippen LogP contribution in [-0.2, 0) is 10.2 Å². The van der Waals surface area contributed by atoms with Gasteiger partial charge in [0.25, 0.3) is 5.22 Å². The van der Waals surface area contributed by atoms with Crippen LogP contribution in [0.15, 0.2) is 69.6 Å². The first-order valence-electron chi connectivity index (χ1n) is 10.4. The molecule has 0 N–H and O–H groups in total. The predicted molar refractivity (Wildman–Crippen MR) is 130 cm³/mol. The highest BCUT2D eigenvalue weighted by Crippen LogP contribution is 2.30. The summed E-state index contributed by atoms with van der Waals surface area (Å²) in [5.74, 6) is -0.726. The van der Waals surface area contributed by atoms with Crippen LogP contribution < -0.4 is 0 Å². The SMILES string of the molecule is CC(C)(C)c1ccc(-c2nnc(SCC(=O)C(C#N)c3nc(-c4ccccc4)cs3)o2)cc1. The summed E-state index contributed by atoms with van der Waals surface area (Å²) in [5, 5.41) is 20.4. The maximum Gasteiger partial charge on any atom is 0.277 e. The minimum absolute atomic E-state index is 0.0447. The van der Waals surface area contributed by atoms with Gasteiger partial charge in [0.05, 0.1) is 17.5 Å². The number of Topliss-reactive ketones (excluding diaryl/α,β-unsaturated/α-hetero) is 1. The van der Waals surface area contributed by atoms with E-state index in [1.54, 1.807) is 0 Å². The van der Waals surface area contributed by atoms with E-state index in [9.17, 15) is 10.1 Å². The number of hydrogen-bond donors (Lipinski definition) is 0. The molecule has 2 aromatic carbocycles. The average Bonchev–Trinajstić information content (AvgIpc) is 3.49. The maximum atomic E-state index is 12.7. The van der Waals surface area contributed by atoms with Crippen molar-refractivity contribution in [2.24, 2.45) is 0 Å². The third kappa shape index (κ3) is 5.38. The van der Waals surface area contributed by atoms with E-state index in [0.29, 0.717) is 16.1 Å². The quantitative estimate of drug-likeness (QED) is 0.298. The number of rotatable bonds is 7. The van der Waals surface area contributed by atoms with Crippen molar-refractivity contribution in [3.8, 4) is 28.8 Å². The third-order valence-corrected chi connectivity index (χ3v) is 6.78. The molecule has 1 atom stereocenters. The number of carbonyl (C=O) groups is 1. The van der Waals surface area contributed by atoms with Crippen molar-refractivity contribution in [3.63, 3.8) is 0 Å². The number of aromatic nitrogens is 3. The highest BCUT2D eigenvalue weighted by molar-refractivity contribution is 7.99. The molecule has 2 aromatic heterocycles. The summed E-state index contributed by atoms with van der Waals surface area (Å²) in [6, 6.07) is 19.8. The van der Waals surface area contributed by atoms with Crippen LogP contribution in [-0.4, -0.2) is 26.7 Å². The van der Waals surface area contributed by atoms with Crippen LogP contribution in [0.25, 0.3) is 22.7 Å². The Morgan fingerprint density at radius 2 is 1.82 bits per heavy atom. The molecule has 2 heterocycles. The molecular weight excluding hydrogens is 452 g/mol. The first-order valence-corrected chi connectivity index (χ1v) is 12.2. The molecule has 0 saturated heterocycles. The molecule has 33 heavy (non-hydrogen) atoms. The van der Waals surface area contributed by atoms with E-state index < -0.39 is 5.92 Å². The van der Waals surface area contributed by atoms with E-state index in [2.05, 4.69) is 42.0 Å². The maximum absolute atomic E-state index is 12.7. The predicted octanol–water partition coefficient (Wildman–Crippen LogP) is 6.13. The largest absolute Gasteiger partial charge is 0.411 e. The van der Waals surface area contributed by atoms with Gasteiger partial charge in [0.1, 0.15) is 5.01 Å². The molecular formula is C25H22N4O2S2. The van der Waals surface area contributed by atoms with Crippen molar-refractivity contribution in [3.05, 3.63) is 70.5 Å². The van der Waals surface area contributed by atoms with Gasteiger partial charge in [-0.25, -0.2) is 4.98 Å². The van der Waals surface area contributed by atoms with Crippen molar-refractivity contribution in [1.82, 2.24) is 15.2 Å². The first kappa shape index (κ1) is 22.9. The minimum atomic E-state index is -0.924. The molecule has 0 amide bonds. The van der Waals surface area contributed by atoms with Crippen LogP contribution >= 0.6 is 23.1 Å². The Balaban J connectivity index is 1.40. The molecule has 0 saturated carbocycles. The van der Waals surface area contributed by atoms with Crippen molar-refractivity contribution in [2.45, 2.75) is 37.3 Å². The first-order chi connectivity index (χ1) is 15.8. The molecule has 0 radical (unpaired) electrons. The molecule has 0 aliphatic heterocycles. The van der Waals surface area contributed by atoms with Gasteiger partial charge in [0.2, 0.25) is 5.89 Å². The van der Waals surface area contributed by atoms with E-state index in [1.165, 1.54) is 16.9 Å². The van der Waals surface area contributed by atoms with Crippen LogP contribution in [0.1, 0.15) is 37.3 Å². The van der Waals surface area contributed by atoms with Crippen molar-refractivity contribution >= 4 is 28.9 Å². The summed E-state index contributed by atoms with van der Waals surface area (Å²) in [5.41, 5.74) is 3.80. The van der Waals surface area contributed by atoms with Crippen molar-refractivity contribution in [2.75, 3.05) is 5.75 Å².